The van der Waals surface area contributed by atoms with E-state index in [1.807, 2.05) is 26.0 Å². The molecule has 0 fully saturated rings. The quantitative estimate of drug-likeness (QED) is 0.563. The molecule has 1 nitrogen and oxygen atoms in total. The van der Waals surface area contributed by atoms with Gasteiger partial charge in [0.05, 0.1) is 12.5 Å². The maximum atomic E-state index is 8.33. The largest absolute Gasteiger partial charge is 0.198 e. The van der Waals surface area contributed by atoms with E-state index in [4.69, 9.17) is 5.26 Å². The Bertz CT molecular complexity index is 226. The number of nitriles is 1. The van der Waals surface area contributed by atoms with Crippen molar-refractivity contribution in [2.45, 2.75) is 20.3 Å². The highest BCUT2D eigenvalue weighted by atomic mass is 14.2. The predicted molar refractivity (Wildman–Crippen MR) is 47.9 cm³/mol. The average molecular weight is 147 g/mol. The van der Waals surface area contributed by atoms with Crippen LogP contribution in [0.25, 0.3) is 0 Å². The molecule has 0 radical (unpaired) electrons. The van der Waals surface area contributed by atoms with Crippen LogP contribution in [0.4, 0.5) is 0 Å². The van der Waals surface area contributed by atoms with Crippen molar-refractivity contribution in [3.8, 4) is 6.07 Å². The highest BCUT2D eigenvalue weighted by Crippen LogP contribution is 2.00. The van der Waals surface area contributed by atoms with Crippen LogP contribution in [-0.2, 0) is 0 Å². The summed E-state index contributed by atoms with van der Waals surface area (Å²) in [5, 5.41) is 8.33. The zero-order chi connectivity index (χ0) is 8.69. The normalized spacial score (nSPS) is 12.5. The molecular weight excluding hydrogens is 134 g/mol. The number of nitrogens with zero attached hydrogens (tertiary/aromatic N) is 1. The van der Waals surface area contributed by atoms with Crippen molar-refractivity contribution < 1.29 is 0 Å². The fourth-order valence-electron chi connectivity index (χ4n) is 0.525. The second-order valence-electron chi connectivity index (χ2n) is 2.46. The predicted octanol–water partition coefficient (Wildman–Crippen LogP) is 2.98. The lowest BCUT2D eigenvalue weighted by Crippen LogP contribution is -1.71. The van der Waals surface area contributed by atoms with Gasteiger partial charge < -0.3 is 0 Å². The van der Waals surface area contributed by atoms with Gasteiger partial charge in [-0.1, -0.05) is 36.0 Å². The molecule has 0 atom stereocenters. The van der Waals surface area contributed by atoms with Gasteiger partial charge in [-0.05, 0) is 13.8 Å². The summed E-state index contributed by atoms with van der Waals surface area (Å²) in [7, 11) is 0. The minimum atomic E-state index is 0.501. The first-order chi connectivity index (χ1) is 5.20. The van der Waals surface area contributed by atoms with Gasteiger partial charge in [0.2, 0.25) is 0 Å². The first-order valence-electron chi connectivity index (χ1n) is 3.54. The van der Waals surface area contributed by atoms with E-state index in [1.54, 1.807) is 6.08 Å². The Morgan fingerprint density at radius 3 is 2.55 bits per heavy atom. The molecule has 0 spiro atoms. The van der Waals surface area contributed by atoms with Crippen molar-refractivity contribution in [2.24, 2.45) is 0 Å². The SMILES string of the molecule is C=C/C(C)=C\C=C(/C)CC#N. The molecule has 0 aromatic rings. The zero-order valence-corrected chi connectivity index (χ0v) is 7.09. The van der Waals surface area contributed by atoms with Crippen molar-refractivity contribution >= 4 is 0 Å². The van der Waals surface area contributed by atoms with Gasteiger partial charge in [-0.25, -0.2) is 0 Å². The van der Waals surface area contributed by atoms with Crippen LogP contribution in [0.15, 0.2) is 36.0 Å². The smallest absolute Gasteiger partial charge is 0.0666 e. The minimum absolute atomic E-state index is 0.501. The maximum absolute atomic E-state index is 8.33. The summed E-state index contributed by atoms with van der Waals surface area (Å²) in [6.45, 7) is 7.54. The summed E-state index contributed by atoms with van der Waals surface area (Å²) in [6.07, 6.45) is 6.19. The monoisotopic (exact) mass is 147 g/mol. The Kier molecular flexibility index (Phi) is 4.85. The molecule has 0 rings (SSSR count). The summed E-state index contributed by atoms with van der Waals surface area (Å²) in [5.41, 5.74) is 2.19. The lowest BCUT2D eigenvalue weighted by atomic mass is 10.2. The molecule has 0 aromatic heterocycles. The molecule has 0 saturated carbocycles. The number of allylic oxidation sites excluding steroid dienone is 5. The third-order valence-electron chi connectivity index (χ3n) is 1.31. The van der Waals surface area contributed by atoms with Crippen molar-refractivity contribution in [3.63, 3.8) is 0 Å². The van der Waals surface area contributed by atoms with Gasteiger partial charge in [0.25, 0.3) is 0 Å². The average Bonchev–Trinajstić information content (AvgIpc) is 2.01. The highest BCUT2D eigenvalue weighted by molar-refractivity contribution is 5.23. The molecule has 0 bridgehead atoms. The van der Waals surface area contributed by atoms with Gasteiger partial charge in [0.15, 0.2) is 0 Å². The Hall–Kier alpha value is -1.29. The highest BCUT2D eigenvalue weighted by Gasteiger charge is 1.83. The van der Waals surface area contributed by atoms with E-state index < -0.39 is 0 Å². The third kappa shape index (κ3) is 5.17. The lowest BCUT2D eigenvalue weighted by Gasteiger charge is -1.89. The second-order valence-corrected chi connectivity index (χ2v) is 2.46. The first kappa shape index (κ1) is 9.71. The Balaban J connectivity index is 4.12. The van der Waals surface area contributed by atoms with Crippen LogP contribution >= 0.6 is 0 Å². The molecule has 11 heavy (non-hydrogen) atoms. The van der Waals surface area contributed by atoms with Gasteiger partial charge in [0, 0.05) is 0 Å². The fourth-order valence-corrected chi connectivity index (χ4v) is 0.525. The molecule has 0 saturated heterocycles. The van der Waals surface area contributed by atoms with E-state index in [0.717, 1.165) is 11.1 Å². The van der Waals surface area contributed by atoms with Crippen LogP contribution in [-0.4, -0.2) is 0 Å². The summed E-state index contributed by atoms with van der Waals surface area (Å²) in [5.74, 6) is 0. The van der Waals surface area contributed by atoms with Crippen molar-refractivity contribution in [1.82, 2.24) is 0 Å². The van der Waals surface area contributed by atoms with E-state index in [9.17, 15) is 0 Å². The molecule has 0 amide bonds. The van der Waals surface area contributed by atoms with E-state index in [2.05, 4.69) is 12.6 Å². The van der Waals surface area contributed by atoms with Crippen LogP contribution in [0, 0.1) is 11.3 Å². The van der Waals surface area contributed by atoms with Crippen LogP contribution in [0.3, 0.4) is 0 Å². The Morgan fingerprint density at radius 1 is 1.45 bits per heavy atom. The maximum Gasteiger partial charge on any atom is 0.0666 e. The molecule has 0 aliphatic carbocycles. The zero-order valence-electron chi connectivity index (χ0n) is 7.09. The molecule has 0 aliphatic rings. The summed E-state index contributed by atoms with van der Waals surface area (Å²) < 4.78 is 0. The van der Waals surface area contributed by atoms with Crippen LogP contribution in [0.2, 0.25) is 0 Å². The molecule has 1 heteroatoms. The van der Waals surface area contributed by atoms with Gasteiger partial charge in [-0.2, -0.15) is 5.26 Å². The van der Waals surface area contributed by atoms with E-state index in [0.29, 0.717) is 6.42 Å². The lowest BCUT2D eigenvalue weighted by molar-refractivity contribution is 1.21. The Labute approximate surface area is 68.3 Å². The summed E-state index contributed by atoms with van der Waals surface area (Å²) >= 11 is 0. The standard InChI is InChI=1S/C10H13N/c1-4-9(2)5-6-10(3)7-8-11/h4-6H,1,7H2,2-3H3/b9-5-,10-6+. The third-order valence-corrected chi connectivity index (χ3v) is 1.31. The van der Waals surface area contributed by atoms with Crippen LogP contribution in [0.1, 0.15) is 20.3 Å². The number of hydrogen-bond donors (Lipinski definition) is 0. The van der Waals surface area contributed by atoms with E-state index in [1.165, 1.54) is 0 Å². The number of rotatable bonds is 3. The topological polar surface area (TPSA) is 23.8 Å². The molecular formula is C10H13N. The first-order valence-corrected chi connectivity index (χ1v) is 3.54. The summed E-state index contributed by atoms with van der Waals surface area (Å²) in [4.78, 5) is 0. The molecule has 0 aromatic carbocycles. The second kappa shape index (κ2) is 5.49. The number of hydrogen-bond acceptors (Lipinski definition) is 1. The van der Waals surface area contributed by atoms with E-state index in [-0.39, 0.29) is 0 Å². The van der Waals surface area contributed by atoms with Crippen molar-refractivity contribution in [1.29, 1.82) is 5.26 Å². The van der Waals surface area contributed by atoms with Crippen molar-refractivity contribution in [2.75, 3.05) is 0 Å². The molecule has 0 aliphatic heterocycles. The van der Waals surface area contributed by atoms with Crippen LogP contribution < -0.4 is 0 Å². The fraction of sp³-hybridized carbons (Fsp3) is 0.300. The molecule has 0 unspecified atom stereocenters. The molecule has 0 N–H and O–H groups in total. The Morgan fingerprint density at radius 2 is 2.09 bits per heavy atom. The van der Waals surface area contributed by atoms with E-state index >= 15 is 0 Å². The molecule has 0 heterocycles. The minimum Gasteiger partial charge on any atom is -0.198 e. The van der Waals surface area contributed by atoms with Crippen LogP contribution in [0.5, 0.6) is 0 Å². The molecule has 58 valence electrons. The van der Waals surface area contributed by atoms with Gasteiger partial charge in [-0.3, -0.25) is 0 Å². The van der Waals surface area contributed by atoms with Crippen molar-refractivity contribution in [3.05, 3.63) is 36.0 Å². The van der Waals surface area contributed by atoms with Gasteiger partial charge in [0.1, 0.15) is 0 Å². The van der Waals surface area contributed by atoms with Gasteiger partial charge in [-0.15, -0.1) is 0 Å². The summed E-state index contributed by atoms with van der Waals surface area (Å²) in [6, 6.07) is 2.09. The van der Waals surface area contributed by atoms with Gasteiger partial charge >= 0.3 is 0 Å².